The third-order valence-corrected chi connectivity index (χ3v) is 1.85. The highest BCUT2D eigenvalue weighted by Crippen LogP contribution is 1.98. The summed E-state index contributed by atoms with van der Waals surface area (Å²) in [4.78, 5) is 14.4. The molecule has 0 aliphatic rings. The summed E-state index contributed by atoms with van der Waals surface area (Å²) in [6.07, 6.45) is 0. The highest BCUT2D eigenvalue weighted by atomic mass is 32.1. The van der Waals surface area contributed by atoms with Gasteiger partial charge in [-0.25, -0.2) is 0 Å². The average molecular weight is 156 g/mol. The molecular formula is C6H8N2OS. The minimum absolute atomic E-state index is 0.208. The van der Waals surface area contributed by atoms with E-state index in [4.69, 9.17) is 0 Å². The van der Waals surface area contributed by atoms with Crippen LogP contribution in [0.3, 0.4) is 0 Å². The summed E-state index contributed by atoms with van der Waals surface area (Å²) in [5.41, 5.74) is 0.598. The van der Waals surface area contributed by atoms with E-state index in [0.717, 1.165) is 5.69 Å². The fourth-order valence-corrected chi connectivity index (χ4v) is 0.837. The highest BCUT2D eigenvalue weighted by Gasteiger charge is 1.96. The van der Waals surface area contributed by atoms with Crippen LogP contribution in [0.5, 0.6) is 0 Å². The van der Waals surface area contributed by atoms with E-state index in [-0.39, 0.29) is 5.56 Å². The third-order valence-electron chi connectivity index (χ3n) is 1.24. The molecule has 0 fully saturated rings. The summed E-state index contributed by atoms with van der Waals surface area (Å²) in [6.45, 7) is 3.55. The summed E-state index contributed by atoms with van der Waals surface area (Å²) in [5, 5.41) is 0. The van der Waals surface area contributed by atoms with Crippen molar-refractivity contribution in [3.63, 3.8) is 0 Å². The lowest BCUT2D eigenvalue weighted by Gasteiger charge is -2.02. The molecule has 0 aliphatic carbocycles. The van der Waals surface area contributed by atoms with Crippen molar-refractivity contribution in [2.24, 2.45) is 0 Å². The van der Waals surface area contributed by atoms with Gasteiger partial charge >= 0.3 is 0 Å². The zero-order valence-corrected chi connectivity index (χ0v) is 6.72. The summed E-state index contributed by atoms with van der Waals surface area (Å²) in [7, 11) is 0. The lowest BCUT2D eigenvalue weighted by molar-refractivity contribution is 0.942. The molecule has 10 heavy (non-hydrogen) atoms. The average Bonchev–Trinajstić information content (AvgIpc) is 1.82. The molecule has 0 saturated heterocycles. The molecule has 3 nitrogen and oxygen atoms in total. The van der Waals surface area contributed by atoms with Gasteiger partial charge in [-0.15, -0.1) is 0 Å². The fourth-order valence-electron chi connectivity index (χ4n) is 0.734. The molecule has 0 unspecified atom stereocenters. The Hall–Kier alpha value is -0.770. The van der Waals surface area contributed by atoms with Crippen LogP contribution in [0.1, 0.15) is 11.5 Å². The van der Waals surface area contributed by atoms with Crippen molar-refractivity contribution in [3.8, 4) is 0 Å². The van der Waals surface area contributed by atoms with E-state index in [1.165, 1.54) is 6.07 Å². The Labute approximate surface area is 64.3 Å². The first kappa shape index (κ1) is 7.34. The van der Waals surface area contributed by atoms with Crippen LogP contribution in [0, 0.1) is 13.8 Å². The second-order valence-corrected chi connectivity index (χ2v) is 2.49. The second kappa shape index (κ2) is 2.46. The Bertz CT molecular complexity index is 279. The van der Waals surface area contributed by atoms with E-state index < -0.39 is 0 Å². The zero-order valence-electron chi connectivity index (χ0n) is 5.83. The van der Waals surface area contributed by atoms with E-state index in [2.05, 4.69) is 17.8 Å². The van der Waals surface area contributed by atoms with Crippen LogP contribution in [-0.2, 0) is 0 Å². The molecule has 0 saturated carbocycles. The van der Waals surface area contributed by atoms with E-state index in [1.54, 1.807) is 10.9 Å². The molecule has 1 aromatic rings. The molecule has 0 radical (unpaired) electrons. The molecule has 0 bridgehead atoms. The summed E-state index contributed by atoms with van der Waals surface area (Å²) < 4.78 is 1.57. The molecule has 1 heterocycles. The maximum absolute atomic E-state index is 10.7. The predicted octanol–water partition coefficient (Wildman–Crippen LogP) is 0.553. The third kappa shape index (κ3) is 1.21. The number of hydrogen-bond donors (Lipinski definition) is 1. The van der Waals surface area contributed by atoms with Crippen molar-refractivity contribution >= 4 is 12.8 Å². The van der Waals surface area contributed by atoms with Gasteiger partial charge in [0.2, 0.25) is 0 Å². The minimum Gasteiger partial charge on any atom is -0.279 e. The van der Waals surface area contributed by atoms with E-state index in [0.29, 0.717) is 5.82 Å². The van der Waals surface area contributed by atoms with Gasteiger partial charge in [-0.3, -0.25) is 8.77 Å². The summed E-state index contributed by atoms with van der Waals surface area (Å²) >= 11 is 4.07. The normalized spacial score (nSPS) is 9.90. The summed E-state index contributed by atoms with van der Waals surface area (Å²) in [6, 6.07) is 1.44. The number of aryl methyl sites for hydroxylation is 2. The van der Waals surface area contributed by atoms with Crippen molar-refractivity contribution in [2.75, 3.05) is 0 Å². The standard InChI is InChI=1S/C6H8N2OS/c1-4-3-6(9)7-5(2)8(4)10/h3,10H,1-2H3. The van der Waals surface area contributed by atoms with Gasteiger partial charge in [-0.2, -0.15) is 4.98 Å². The van der Waals surface area contributed by atoms with Gasteiger partial charge in [0.25, 0.3) is 5.56 Å². The van der Waals surface area contributed by atoms with Gasteiger partial charge in [0.05, 0.1) is 0 Å². The molecule has 0 N–H and O–H groups in total. The minimum atomic E-state index is -0.208. The van der Waals surface area contributed by atoms with Gasteiger partial charge < -0.3 is 0 Å². The van der Waals surface area contributed by atoms with Crippen LogP contribution in [0.4, 0.5) is 0 Å². The monoisotopic (exact) mass is 156 g/mol. The van der Waals surface area contributed by atoms with Crippen LogP contribution in [0.2, 0.25) is 0 Å². The Morgan fingerprint density at radius 3 is 2.70 bits per heavy atom. The van der Waals surface area contributed by atoms with Crippen molar-refractivity contribution < 1.29 is 0 Å². The molecule has 0 aromatic carbocycles. The van der Waals surface area contributed by atoms with E-state index >= 15 is 0 Å². The first-order valence-corrected chi connectivity index (χ1v) is 3.28. The zero-order chi connectivity index (χ0) is 7.72. The Morgan fingerprint density at radius 1 is 1.60 bits per heavy atom. The topological polar surface area (TPSA) is 34.9 Å². The van der Waals surface area contributed by atoms with Crippen LogP contribution < -0.4 is 5.56 Å². The number of rotatable bonds is 0. The Balaban J connectivity index is 3.46. The van der Waals surface area contributed by atoms with Crippen LogP contribution in [0.25, 0.3) is 0 Å². The molecule has 0 spiro atoms. The van der Waals surface area contributed by atoms with Gasteiger partial charge in [0.15, 0.2) is 0 Å². The summed E-state index contributed by atoms with van der Waals surface area (Å²) in [5.74, 6) is 0.619. The lowest BCUT2D eigenvalue weighted by Crippen LogP contribution is -2.12. The maximum atomic E-state index is 10.7. The number of thiol groups is 1. The van der Waals surface area contributed by atoms with Crippen molar-refractivity contribution in [2.45, 2.75) is 13.8 Å². The largest absolute Gasteiger partial charge is 0.279 e. The molecule has 4 heteroatoms. The molecule has 1 rings (SSSR count). The number of nitrogens with zero attached hydrogens (tertiary/aromatic N) is 2. The first-order chi connectivity index (χ1) is 4.61. The molecule has 54 valence electrons. The van der Waals surface area contributed by atoms with Crippen molar-refractivity contribution in [1.82, 2.24) is 8.96 Å². The second-order valence-electron chi connectivity index (χ2n) is 2.09. The smallest absolute Gasteiger partial charge is 0.273 e. The molecular weight excluding hydrogens is 148 g/mol. The number of aromatic nitrogens is 2. The van der Waals surface area contributed by atoms with E-state index in [9.17, 15) is 4.79 Å². The van der Waals surface area contributed by atoms with Crippen LogP contribution in [0.15, 0.2) is 10.9 Å². The maximum Gasteiger partial charge on any atom is 0.273 e. The Kier molecular flexibility index (Phi) is 1.80. The fraction of sp³-hybridized carbons (Fsp3) is 0.333. The Morgan fingerprint density at radius 2 is 2.20 bits per heavy atom. The van der Waals surface area contributed by atoms with Crippen LogP contribution in [-0.4, -0.2) is 8.96 Å². The highest BCUT2D eigenvalue weighted by molar-refractivity contribution is 7.78. The van der Waals surface area contributed by atoms with E-state index in [1.807, 2.05) is 6.92 Å². The molecule has 0 amide bonds. The van der Waals surface area contributed by atoms with Crippen molar-refractivity contribution in [3.05, 3.63) is 27.9 Å². The lowest BCUT2D eigenvalue weighted by atomic mass is 10.4. The van der Waals surface area contributed by atoms with Gasteiger partial charge in [-0.05, 0) is 13.8 Å². The first-order valence-electron chi connectivity index (χ1n) is 2.88. The predicted molar refractivity (Wildman–Crippen MR) is 42.4 cm³/mol. The van der Waals surface area contributed by atoms with Gasteiger partial charge in [0, 0.05) is 11.8 Å². The molecule has 1 aromatic heterocycles. The molecule has 0 atom stereocenters. The molecule has 0 aliphatic heterocycles. The van der Waals surface area contributed by atoms with Crippen LogP contribution >= 0.6 is 12.8 Å². The SMILES string of the molecule is Cc1cc(=O)nc(C)n1S. The number of hydrogen-bond acceptors (Lipinski definition) is 3. The quantitative estimate of drug-likeness (QED) is 0.557. The van der Waals surface area contributed by atoms with Gasteiger partial charge in [0.1, 0.15) is 5.82 Å². The van der Waals surface area contributed by atoms with Gasteiger partial charge in [-0.1, -0.05) is 12.8 Å². The van der Waals surface area contributed by atoms with Crippen molar-refractivity contribution in [1.29, 1.82) is 0 Å².